The highest BCUT2D eigenvalue weighted by atomic mass is 35.5. The number of halogens is 2. The summed E-state index contributed by atoms with van der Waals surface area (Å²) in [6.45, 7) is 4.17. The number of nitrogens with one attached hydrogen (secondary N) is 1. The summed E-state index contributed by atoms with van der Waals surface area (Å²) in [6, 6.07) is 3.98. The standard InChI is InChI=1S/C14H17Cl2NO/c1-14(2)8-13(18)17-12-7-11(16)9(4-3-5-15)6-10(12)14/h6-7H,3-5,8H2,1-2H3,(H,17,18). The van der Waals surface area contributed by atoms with Gasteiger partial charge < -0.3 is 5.32 Å². The van der Waals surface area contributed by atoms with Crippen LogP contribution in [0, 0.1) is 0 Å². The average Bonchev–Trinajstić information content (AvgIpc) is 2.25. The molecule has 1 aromatic carbocycles. The number of carbonyl (C=O) groups is 1. The quantitative estimate of drug-likeness (QED) is 0.832. The number of amides is 1. The van der Waals surface area contributed by atoms with Gasteiger partial charge in [-0.25, -0.2) is 0 Å². The van der Waals surface area contributed by atoms with Gasteiger partial charge in [0, 0.05) is 28.4 Å². The zero-order chi connectivity index (χ0) is 13.3. The van der Waals surface area contributed by atoms with Crippen molar-refractivity contribution in [2.75, 3.05) is 11.2 Å². The molecular weight excluding hydrogens is 269 g/mol. The number of benzene rings is 1. The Morgan fingerprint density at radius 2 is 2.11 bits per heavy atom. The second-order valence-corrected chi connectivity index (χ2v) is 6.18. The summed E-state index contributed by atoms with van der Waals surface area (Å²) in [4.78, 5) is 11.6. The normalized spacial score (nSPS) is 17.2. The van der Waals surface area contributed by atoms with Crippen molar-refractivity contribution in [3.8, 4) is 0 Å². The smallest absolute Gasteiger partial charge is 0.225 e. The molecule has 0 spiro atoms. The number of alkyl halides is 1. The molecule has 1 aliphatic heterocycles. The maximum Gasteiger partial charge on any atom is 0.225 e. The van der Waals surface area contributed by atoms with Gasteiger partial charge in [-0.05, 0) is 30.0 Å². The van der Waals surface area contributed by atoms with Crippen LogP contribution in [0.15, 0.2) is 12.1 Å². The van der Waals surface area contributed by atoms with E-state index in [2.05, 4.69) is 25.2 Å². The summed E-state index contributed by atoms with van der Waals surface area (Å²) >= 11 is 12.0. The average molecular weight is 286 g/mol. The number of aryl methyl sites for hydroxylation is 1. The minimum atomic E-state index is -0.141. The van der Waals surface area contributed by atoms with Crippen LogP contribution in [-0.4, -0.2) is 11.8 Å². The minimum absolute atomic E-state index is 0.0528. The van der Waals surface area contributed by atoms with E-state index in [0.717, 1.165) is 29.7 Å². The summed E-state index contributed by atoms with van der Waals surface area (Å²) in [7, 11) is 0. The summed E-state index contributed by atoms with van der Waals surface area (Å²) < 4.78 is 0. The molecule has 0 saturated heterocycles. The summed E-state index contributed by atoms with van der Waals surface area (Å²) in [5.74, 6) is 0.685. The van der Waals surface area contributed by atoms with E-state index in [1.54, 1.807) is 0 Å². The van der Waals surface area contributed by atoms with E-state index >= 15 is 0 Å². The van der Waals surface area contributed by atoms with Crippen LogP contribution < -0.4 is 5.32 Å². The number of fused-ring (bicyclic) bond motifs is 1. The molecule has 1 aliphatic rings. The molecular formula is C14H17Cl2NO. The Balaban J connectivity index is 2.43. The highest BCUT2D eigenvalue weighted by Gasteiger charge is 2.32. The van der Waals surface area contributed by atoms with Crippen molar-refractivity contribution in [3.05, 3.63) is 28.3 Å². The minimum Gasteiger partial charge on any atom is -0.326 e. The fourth-order valence-electron chi connectivity index (χ4n) is 2.42. The van der Waals surface area contributed by atoms with Gasteiger partial charge in [-0.3, -0.25) is 4.79 Å². The lowest BCUT2D eigenvalue weighted by Gasteiger charge is -2.32. The second kappa shape index (κ2) is 5.10. The first-order valence-corrected chi connectivity index (χ1v) is 7.04. The van der Waals surface area contributed by atoms with E-state index in [1.165, 1.54) is 0 Å². The first-order valence-electron chi connectivity index (χ1n) is 6.13. The van der Waals surface area contributed by atoms with Gasteiger partial charge in [0.05, 0.1) is 0 Å². The largest absolute Gasteiger partial charge is 0.326 e. The molecule has 2 rings (SSSR count). The van der Waals surface area contributed by atoms with Crippen LogP contribution in [0.1, 0.15) is 37.8 Å². The van der Waals surface area contributed by atoms with Crippen molar-refractivity contribution < 1.29 is 4.79 Å². The molecule has 0 unspecified atom stereocenters. The fourth-order valence-corrected chi connectivity index (χ4v) is 2.81. The fraction of sp³-hybridized carbons (Fsp3) is 0.500. The van der Waals surface area contributed by atoms with Gasteiger partial charge in [0.25, 0.3) is 0 Å². The SMILES string of the molecule is CC1(C)CC(=O)Nc2cc(Cl)c(CCCCl)cc21. The summed E-state index contributed by atoms with van der Waals surface area (Å²) in [6.07, 6.45) is 2.29. The van der Waals surface area contributed by atoms with Gasteiger partial charge >= 0.3 is 0 Å². The predicted molar refractivity (Wildman–Crippen MR) is 76.8 cm³/mol. The number of rotatable bonds is 3. The number of hydrogen-bond acceptors (Lipinski definition) is 1. The molecule has 0 radical (unpaired) electrons. The first kappa shape index (κ1) is 13.7. The molecule has 98 valence electrons. The van der Waals surface area contributed by atoms with E-state index in [-0.39, 0.29) is 11.3 Å². The van der Waals surface area contributed by atoms with Gasteiger partial charge in [-0.1, -0.05) is 31.5 Å². The lowest BCUT2D eigenvalue weighted by Crippen LogP contribution is -2.32. The number of anilines is 1. The van der Waals surface area contributed by atoms with Crippen molar-refractivity contribution in [3.63, 3.8) is 0 Å². The van der Waals surface area contributed by atoms with Crippen molar-refractivity contribution in [1.29, 1.82) is 0 Å². The molecule has 0 atom stereocenters. The zero-order valence-electron chi connectivity index (χ0n) is 10.6. The van der Waals surface area contributed by atoms with Gasteiger partial charge in [0.15, 0.2) is 0 Å². The van der Waals surface area contributed by atoms with E-state index in [1.807, 2.05) is 6.07 Å². The van der Waals surface area contributed by atoms with Gasteiger partial charge in [-0.2, -0.15) is 0 Å². The maximum atomic E-state index is 11.6. The van der Waals surface area contributed by atoms with E-state index < -0.39 is 0 Å². The van der Waals surface area contributed by atoms with Gasteiger partial charge in [0.1, 0.15) is 0 Å². The summed E-state index contributed by atoms with van der Waals surface area (Å²) in [5.41, 5.74) is 2.98. The first-order chi connectivity index (χ1) is 8.44. The molecule has 2 nitrogen and oxygen atoms in total. The molecule has 0 aliphatic carbocycles. The molecule has 0 fully saturated rings. The molecule has 1 aromatic rings. The Kier molecular flexibility index (Phi) is 3.88. The van der Waals surface area contributed by atoms with Crippen molar-refractivity contribution in [1.82, 2.24) is 0 Å². The Hall–Kier alpha value is -0.730. The monoisotopic (exact) mass is 285 g/mol. The van der Waals surface area contributed by atoms with E-state index in [4.69, 9.17) is 23.2 Å². The second-order valence-electron chi connectivity index (χ2n) is 5.39. The summed E-state index contributed by atoms with van der Waals surface area (Å²) in [5, 5.41) is 3.60. The lowest BCUT2D eigenvalue weighted by molar-refractivity contribution is -0.117. The van der Waals surface area contributed by atoms with Crippen LogP contribution in [0.2, 0.25) is 5.02 Å². The maximum absolute atomic E-state index is 11.6. The van der Waals surface area contributed by atoms with Crippen molar-refractivity contribution in [2.45, 2.75) is 38.5 Å². The van der Waals surface area contributed by atoms with Gasteiger partial charge in [-0.15, -0.1) is 11.6 Å². The van der Waals surface area contributed by atoms with Crippen LogP contribution in [0.3, 0.4) is 0 Å². The molecule has 0 saturated carbocycles. The van der Waals surface area contributed by atoms with Crippen LogP contribution in [0.25, 0.3) is 0 Å². The third kappa shape index (κ3) is 2.65. The zero-order valence-corrected chi connectivity index (χ0v) is 12.2. The lowest BCUT2D eigenvalue weighted by atomic mass is 9.77. The third-order valence-corrected chi connectivity index (χ3v) is 3.99. The molecule has 0 aromatic heterocycles. The molecule has 1 N–H and O–H groups in total. The highest BCUT2D eigenvalue weighted by molar-refractivity contribution is 6.31. The molecule has 1 amide bonds. The van der Waals surface area contributed by atoms with Crippen LogP contribution >= 0.6 is 23.2 Å². The van der Waals surface area contributed by atoms with Crippen LogP contribution in [-0.2, 0) is 16.6 Å². The number of hydrogen-bond donors (Lipinski definition) is 1. The van der Waals surface area contributed by atoms with Crippen LogP contribution in [0.4, 0.5) is 5.69 Å². The van der Waals surface area contributed by atoms with Crippen molar-refractivity contribution >= 4 is 34.8 Å². The highest BCUT2D eigenvalue weighted by Crippen LogP contribution is 2.40. The van der Waals surface area contributed by atoms with Gasteiger partial charge in [0.2, 0.25) is 5.91 Å². The Bertz CT molecular complexity index is 483. The topological polar surface area (TPSA) is 29.1 Å². The third-order valence-electron chi connectivity index (χ3n) is 3.37. The Labute approximate surface area is 118 Å². The Morgan fingerprint density at radius 3 is 2.78 bits per heavy atom. The molecule has 1 heterocycles. The molecule has 4 heteroatoms. The van der Waals surface area contributed by atoms with Crippen molar-refractivity contribution in [2.24, 2.45) is 0 Å². The van der Waals surface area contributed by atoms with Crippen LogP contribution in [0.5, 0.6) is 0 Å². The Morgan fingerprint density at radius 1 is 1.39 bits per heavy atom. The number of carbonyl (C=O) groups excluding carboxylic acids is 1. The van der Waals surface area contributed by atoms with E-state index in [0.29, 0.717) is 17.3 Å². The predicted octanol–water partition coefficient (Wildman–Crippen LogP) is 4.13. The molecule has 18 heavy (non-hydrogen) atoms. The van der Waals surface area contributed by atoms with E-state index in [9.17, 15) is 4.79 Å². The molecule has 0 bridgehead atoms.